The Balaban J connectivity index is 1.77. The summed E-state index contributed by atoms with van der Waals surface area (Å²) in [6, 6.07) is 8.19. The number of imidazole rings is 1. The number of para-hydroxylation sites is 1. The van der Waals surface area contributed by atoms with Crippen LogP contribution in [-0.4, -0.2) is 21.4 Å². The first-order valence-electron chi connectivity index (χ1n) is 7.76. The van der Waals surface area contributed by atoms with Gasteiger partial charge in [0.2, 0.25) is 0 Å². The number of hydrogen-bond donors (Lipinski definition) is 0. The molecule has 3 aromatic heterocycles. The summed E-state index contributed by atoms with van der Waals surface area (Å²) < 4.78 is 7.97. The molecule has 0 unspecified atom stereocenters. The first kappa shape index (κ1) is 13.8. The Hall–Kier alpha value is -2.82. The second-order valence-electron chi connectivity index (χ2n) is 5.62. The van der Waals surface area contributed by atoms with Gasteiger partial charge in [0, 0.05) is 55.8 Å². The highest BCUT2D eigenvalue weighted by molar-refractivity contribution is 5.82. The molecule has 0 N–H and O–H groups in total. The molecule has 5 nitrogen and oxygen atoms in total. The van der Waals surface area contributed by atoms with Gasteiger partial charge < -0.3 is 13.7 Å². The molecule has 1 aromatic carbocycles. The van der Waals surface area contributed by atoms with Crippen molar-refractivity contribution in [3.63, 3.8) is 0 Å². The standard InChI is InChI=1S/C18H18N4O/c1-3-15-14(13-6-4-5-7-16(13)23-15)12-21(2)17-18-20-9-11-22(18)10-8-19-17/h4-11H,3,12H2,1-2H3. The van der Waals surface area contributed by atoms with Crippen molar-refractivity contribution in [1.82, 2.24) is 14.4 Å². The predicted octanol–water partition coefficient (Wildman–Crippen LogP) is 3.67. The van der Waals surface area contributed by atoms with E-state index in [1.807, 2.05) is 42.0 Å². The van der Waals surface area contributed by atoms with E-state index in [-0.39, 0.29) is 0 Å². The van der Waals surface area contributed by atoms with Crippen LogP contribution in [0.15, 0.2) is 53.5 Å². The monoisotopic (exact) mass is 306 g/mol. The Kier molecular flexibility index (Phi) is 3.26. The van der Waals surface area contributed by atoms with Crippen molar-refractivity contribution in [1.29, 1.82) is 0 Å². The molecule has 23 heavy (non-hydrogen) atoms. The first-order valence-corrected chi connectivity index (χ1v) is 7.76. The molecular formula is C18H18N4O. The van der Waals surface area contributed by atoms with Crippen molar-refractivity contribution in [2.45, 2.75) is 19.9 Å². The van der Waals surface area contributed by atoms with Crippen molar-refractivity contribution in [3.8, 4) is 0 Å². The van der Waals surface area contributed by atoms with E-state index in [1.165, 1.54) is 10.9 Å². The molecule has 0 saturated carbocycles. The van der Waals surface area contributed by atoms with E-state index in [9.17, 15) is 0 Å². The molecule has 0 fully saturated rings. The number of aromatic nitrogens is 3. The number of benzene rings is 1. The number of aryl methyl sites for hydroxylation is 1. The van der Waals surface area contributed by atoms with Crippen LogP contribution >= 0.6 is 0 Å². The van der Waals surface area contributed by atoms with E-state index in [0.29, 0.717) is 0 Å². The molecular weight excluding hydrogens is 288 g/mol. The minimum absolute atomic E-state index is 0.736. The SMILES string of the molecule is CCc1oc2ccccc2c1CN(C)c1nccn2ccnc12. The lowest BCUT2D eigenvalue weighted by Gasteiger charge is -2.18. The van der Waals surface area contributed by atoms with E-state index in [2.05, 4.69) is 27.9 Å². The van der Waals surface area contributed by atoms with Gasteiger partial charge in [0.25, 0.3) is 0 Å². The molecule has 116 valence electrons. The zero-order valence-corrected chi connectivity index (χ0v) is 13.2. The highest BCUT2D eigenvalue weighted by Gasteiger charge is 2.16. The van der Waals surface area contributed by atoms with Crippen molar-refractivity contribution in [2.75, 3.05) is 11.9 Å². The van der Waals surface area contributed by atoms with Crippen LogP contribution in [0.2, 0.25) is 0 Å². The third-order valence-electron chi connectivity index (χ3n) is 4.15. The van der Waals surface area contributed by atoms with Gasteiger partial charge in [0.1, 0.15) is 11.3 Å². The number of nitrogens with zero attached hydrogens (tertiary/aromatic N) is 4. The fourth-order valence-electron chi connectivity index (χ4n) is 3.03. The van der Waals surface area contributed by atoms with E-state index < -0.39 is 0 Å². The largest absolute Gasteiger partial charge is 0.461 e. The van der Waals surface area contributed by atoms with Gasteiger partial charge in [0.05, 0.1) is 0 Å². The molecule has 4 aromatic rings. The normalized spacial score (nSPS) is 11.4. The lowest BCUT2D eigenvalue weighted by Crippen LogP contribution is -2.19. The first-order chi connectivity index (χ1) is 11.3. The van der Waals surface area contributed by atoms with E-state index in [1.54, 1.807) is 12.4 Å². The fraction of sp³-hybridized carbons (Fsp3) is 0.222. The Morgan fingerprint density at radius 2 is 1.91 bits per heavy atom. The highest BCUT2D eigenvalue weighted by Crippen LogP contribution is 2.28. The van der Waals surface area contributed by atoms with Gasteiger partial charge in [-0.1, -0.05) is 25.1 Å². The third-order valence-corrected chi connectivity index (χ3v) is 4.15. The Morgan fingerprint density at radius 3 is 2.74 bits per heavy atom. The van der Waals surface area contributed by atoms with Gasteiger partial charge in [0.15, 0.2) is 11.5 Å². The molecule has 5 heteroatoms. The summed E-state index contributed by atoms with van der Waals surface area (Å²) in [7, 11) is 2.04. The maximum Gasteiger partial charge on any atom is 0.180 e. The van der Waals surface area contributed by atoms with Crippen LogP contribution in [0, 0.1) is 0 Å². The van der Waals surface area contributed by atoms with Crippen LogP contribution in [0.4, 0.5) is 5.82 Å². The van der Waals surface area contributed by atoms with Crippen LogP contribution in [0.5, 0.6) is 0 Å². The maximum atomic E-state index is 5.99. The topological polar surface area (TPSA) is 46.6 Å². The van der Waals surface area contributed by atoms with Gasteiger partial charge in [-0.2, -0.15) is 0 Å². The lowest BCUT2D eigenvalue weighted by atomic mass is 10.1. The molecule has 0 aliphatic carbocycles. The number of fused-ring (bicyclic) bond motifs is 2. The average Bonchev–Trinajstić information content (AvgIpc) is 3.19. The van der Waals surface area contributed by atoms with E-state index in [0.717, 1.165) is 35.8 Å². The number of rotatable bonds is 4. The number of anilines is 1. The van der Waals surface area contributed by atoms with Crippen LogP contribution in [0.3, 0.4) is 0 Å². The van der Waals surface area contributed by atoms with Crippen LogP contribution in [0.25, 0.3) is 16.6 Å². The summed E-state index contributed by atoms with van der Waals surface area (Å²) in [5, 5.41) is 1.17. The smallest absolute Gasteiger partial charge is 0.180 e. The lowest BCUT2D eigenvalue weighted by molar-refractivity contribution is 0.549. The molecule has 0 radical (unpaired) electrons. The van der Waals surface area contributed by atoms with E-state index in [4.69, 9.17) is 4.42 Å². The van der Waals surface area contributed by atoms with Gasteiger partial charge in [-0.25, -0.2) is 9.97 Å². The fourth-order valence-corrected chi connectivity index (χ4v) is 3.03. The molecule has 0 atom stereocenters. The van der Waals surface area contributed by atoms with E-state index >= 15 is 0 Å². The Bertz CT molecular complexity index is 969. The summed E-state index contributed by atoms with van der Waals surface area (Å²) in [5.74, 6) is 1.90. The van der Waals surface area contributed by atoms with Crippen LogP contribution in [0.1, 0.15) is 18.2 Å². The third kappa shape index (κ3) is 2.25. The summed E-state index contributed by atoms with van der Waals surface area (Å²) in [6.07, 6.45) is 8.30. The maximum absolute atomic E-state index is 5.99. The zero-order valence-electron chi connectivity index (χ0n) is 13.2. The summed E-state index contributed by atoms with van der Waals surface area (Å²) in [5.41, 5.74) is 3.03. The van der Waals surface area contributed by atoms with Gasteiger partial charge in [-0.05, 0) is 6.07 Å². The van der Waals surface area contributed by atoms with Gasteiger partial charge >= 0.3 is 0 Å². The molecule has 0 aliphatic heterocycles. The van der Waals surface area contributed by atoms with Crippen LogP contribution in [-0.2, 0) is 13.0 Å². The summed E-state index contributed by atoms with van der Waals surface area (Å²) in [6.45, 7) is 2.86. The quantitative estimate of drug-likeness (QED) is 0.577. The highest BCUT2D eigenvalue weighted by atomic mass is 16.3. The Labute approximate surface area is 134 Å². The molecule has 0 saturated heterocycles. The minimum Gasteiger partial charge on any atom is -0.461 e. The number of furan rings is 1. The predicted molar refractivity (Wildman–Crippen MR) is 90.7 cm³/mol. The summed E-state index contributed by atoms with van der Waals surface area (Å²) in [4.78, 5) is 11.0. The van der Waals surface area contributed by atoms with Gasteiger partial charge in [-0.3, -0.25) is 0 Å². The molecule has 0 bridgehead atoms. The average molecular weight is 306 g/mol. The molecule has 0 aliphatic rings. The molecule has 0 amide bonds. The van der Waals surface area contributed by atoms with Crippen molar-refractivity contribution in [3.05, 3.63) is 60.4 Å². The van der Waals surface area contributed by atoms with Gasteiger partial charge in [-0.15, -0.1) is 0 Å². The Morgan fingerprint density at radius 1 is 1.13 bits per heavy atom. The van der Waals surface area contributed by atoms with Crippen molar-refractivity contribution >= 4 is 22.4 Å². The summed E-state index contributed by atoms with van der Waals surface area (Å²) >= 11 is 0. The molecule has 3 heterocycles. The zero-order chi connectivity index (χ0) is 15.8. The second kappa shape index (κ2) is 5.43. The minimum atomic E-state index is 0.736. The molecule has 4 rings (SSSR count). The number of hydrogen-bond acceptors (Lipinski definition) is 4. The van der Waals surface area contributed by atoms with Crippen molar-refractivity contribution < 1.29 is 4.42 Å². The molecule has 0 spiro atoms. The van der Waals surface area contributed by atoms with Crippen LogP contribution < -0.4 is 4.90 Å². The van der Waals surface area contributed by atoms with Crippen molar-refractivity contribution in [2.24, 2.45) is 0 Å². The second-order valence-corrected chi connectivity index (χ2v) is 5.62.